The fourth-order valence-corrected chi connectivity index (χ4v) is 2.39. The number of amides is 1. The standard InChI is InChI=1S/C19H14N2O3/c22-19(15-7-3-1-4-8-15)20(16-9-5-2-6-10-16)17-11-13-18(14-12-17)21(23)24/h1-14H. The first kappa shape index (κ1) is 15.4. The molecule has 0 aliphatic carbocycles. The summed E-state index contributed by atoms with van der Waals surface area (Å²) in [5.41, 5.74) is 1.79. The SMILES string of the molecule is O=C(c1ccccc1)N(c1ccccc1)c1ccc([N+](=O)[O-])cc1. The first-order valence-corrected chi connectivity index (χ1v) is 7.36. The summed E-state index contributed by atoms with van der Waals surface area (Å²) >= 11 is 0. The minimum Gasteiger partial charge on any atom is -0.277 e. The monoisotopic (exact) mass is 318 g/mol. The van der Waals surface area contributed by atoms with Crippen molar-refractivity contribution < 1.29 is 9.72 Å². The first-order valence-electron chi connectivity index (χ1n) is 7.36. The molecule has 0 atom stereocenters. The number of nitro benzene ring substituents is 1. The van der Waals surface area contributed by atoms with Crippen LogP contribution in [-0.2, 0) is 0 Å². The van der Waals surface area contributed by atoms with Crippen LogP contribution in [0, 0.1) is 10.1 Å². The number of nitro groups is 1. The van der Waals surface area contributed by atoms with Crippen molar-refractivity contribution in [2.45, 2.75) is 0 Å². The van der Waals surface area contributed by atoms with Gasteiger partial charge in [-0.3, -0.25) is 19.8 Å². The van der Waals surface area contributed by atoms with E-state index in [1.165, 1.54) is 12.1 Å². The zero-order valence-corrected chi connectivity index (χ0v) is 12.7. The molecule has 3 rings (SSSR count). The number of hydrogen-bond donors (Lipinski definition) is 0. The molecule has 0 aromatic heterocycles. The molecule has 0 aliphatic heterocycles. The average molecular weight is 318 g/mol. The quantitative estimate of drug-likeness (QED) is 0.523. The summed E-state index contributed by atoms with van der Waals surface area (Å²) in [7, 11) is 0. The molecule has 118 valence electrons. The molecular weight excluding hydrogens is 304 g/mol. The summed E-state index contributed by atoms with van der Waals surface area (Å²) < 4.78 is 0. The van der Waals surface area contributed by atoms with E-state index in [0.29, 0.717) is 16.9 Å². The third-order valence-corrected chi connectivity index (χ3v) is 3.56. The number of anilines is 2. The number of para-hydroxylation sites is 1. The zero-order chi connectivity index (χ0) is 16.9. The molecule has 0 heterocycles. The number of hydrogen-bond acceptors (Lipinski definition) is 3. The number of benzene rings is 3. The van der Waals surface area contributed by atoms with Crippen molar-refractivity contribution in [1.82, 2.24) is 0 Å². The molecule has 0 saturated carbocycles. The van der Waals surface area contributed by atoms with Gasteiger partial charge in [-0.15, -0.1) is 0 Å². The van der Waals surface area contributed by atoms with Gasteiger partial charge in [0.05, 0.1) is 4.92 Å². The highest BCUT2D eigenvalue weighted by atomic mass is 16.6. The lowest BCUT2D eigenvalue weighted by Gasteiger charge is -2.23. The Bertz CT molecular complexity index is 847. The predicted molar refractivity (Wildman–Crippen MR) is 92.4 cm³/mol. The largest absolute Gasteiger partial charge is 0.277 e. The molecule has 0 saturated heterocycles. The predicted octanol–water partition coefficient (Wildman–Crippen LogP) is 4.57. The summed E-state index contributed by atoms with van der Waals surface area (Å²) in [5.74, 6) is -0.198. The van der Waals surface area contributed by atoms with Crippen LogP contribution in [0.4, 0.5) is 17.1 Å². The third-order valence-electron chi connectivity index (χ3n) is 3.56. The van der Waals surface area contributed by atoms with Crippen LogP contribution in [-0.4, -0.2) is 10.8 Å². The van der Waals surface area contributed by atoms with Crippen LogP contribution in [0.25, 0.3) is 0 Å². The fourth-order valence-electron chi connectivity index (χ4n) is 2.39. The van der Waals surface area contributed by atoms with Gasteiger partial charge in [0.15, 0.2) is 0 Å². The van der Waals surface area contributed by atoms with Gasteiger partial charge in [-0.25, -0.2) is 0 Å². The minimum absolute atomic E-state index is 0.0149. The second kappa shape index (κ2) is 6.75. The first-order chi connectivity index (χ1) is 11.7. The van der Waals surface area contributed by atoms with Crippen molar-refractivity contribution in [3.8, 4) is 0 Å². The number of non-ortho nitro benzene ring substituents is 1. The van der Waals surface area contributed by atoms with Gasteiger partial charge in [-0.2, -0.15) is 0 Å². The molecule has 0 radical (unpaired) electrons. The van der Waals surface area contributed by atoms with E-state index in [-0.39, 0.29) is 11.6 Å². The van der Waals surface area contributed by atoms with Gasteiger partial charge in [0.1, 0.15) is 0 Å². The Morgan fingerprint density at radius 2 is 1.25 bits per heavy atom. The summed E-state index contributed by atoms with van der Waals surface area (Å²) in [4.78, 5) is 24.9. The summed E-state index contributed by atoms with van der Waals surface area (Å²) in [6, 6.07) is 24.0. The van der Waals surface area contributed by atoms with Crippen molar-refractivity contribution in [3.05, 3.63) is 101 Å². The Morgan fingerprint density at radius 3 is 1.79 bits per heavy atom. The van der Waals surface area contributed by atoms with Gasteiger partial charge < -0.3 is 0 Å². The molecule has 0 spiro atoms. The molecular formula is C19H14N2O3. The normalized spacial score (nSPS) is 10.2. The lowest BCUT2D eigenvalue weighted by Crippen LogP contribution is -2.25. The van der Waals surface area contributed by atoms with E-state index in [0.717, 1.165) is 0 Å². The van der Waals surface area contributed by atoms with Gasteiger partial charge >= 0.3 is 0 Å². The summed E-state index contributed by atoms with van der Waals surface area (Å²) in [6.45, 7) is 0. The van der Waals surface area contributed by atoms with Crippen LogP contribution in [0.2, 0.25) is 0 Å². The van der Waals surface area contributed by atoms with Crippen LogP contribution >= 0.6 is 0 Å². The third kappa shape index (κ3) is 3.15. The molecule has 0 unspecified atom stereocenters. The Morgan fingerprint density at radius 1 is 0.750 bits per heavy atom. The Labute approximate surface area is 138 Å². The molecule has 24 heavy (non-hydrogen) atoms. The van der Waals surface area contributed by atoms with Crippen molar-refractivity contribution in [2.24, 2.45) is 0 Å². The highest BCUT2D eigenvalue weighted by molar-refractivity contribution is 6.10. The van der Waals surface area contributed by atoms with Crippen LogP contribution < -0.4 is 4.90 Å². The van der Waals surface area contributed by atoms with E-state index in [9.17, 15) is 14.9 Å². The molecule has 0 N–H and O–H groups in total. The van der Waals surface area contributed by atoms with Crippen molar-refractivity contribution >= 4 is 23.0 Å². The highest BCUT2D eigenvalue weighted by Gasteiger charge is 2.20. The maximum Gasteiger partial charge on any atom is 0.269 e. The maximum atomic E-state index is 13.0. The van der Waals surface area contributed by atoms with Crippen LogP contribution in [0.5, 0.6) is 0 Å². The van der Waals surface area contributed by atoms with Crippen LogP contribution in [0.3, 0.4) is 0 Å². The topological polar surface area (TPSA) is 63.5 Å². The number of rotatable bonds is 4. The van der Waals surface area contributed by atoms with Crippen LogP contribution in [0.1, 0.15) is 10.4 Å². The van der Waals surface area contributed by atoms with Gasteiger partial charge in [0.2, 0.25) is 0 Å². The van der Waals surface area contributed by atoms with E-state index in [1.54, 1.807) is 41.3 Å². The fraction of sp³-hybridized carbons (Fsp3) is 0. The van der Waals surface area contributed by atoms with Crippen molar-refractivity contribution in [3.63, 3.8) is 0 Å². The molecule has 0 fully saturated rings. The van der Waals surface area contributed by atoms with Gasteiger partial charge in [-0.1, -0.05) is 36.4 Å². The van der Waals surface area contributed by atoms with E-state index < -0.39 is 4.92 Å². The van der Waals surface area contributed by atoms with E-state index in [1.807, 2.05) is 36.4 Å². The van der Waals surface area contributed by atoms with E-state index >= 15 is 0 Å². The smallest absolute Gasteiger partial charge is 0.269 e. The number of carbonyl (C=O) groups is 1. The second-order valence-electron chi connectivity index (χ2n) is 5.12. The highest BCUT2D eigenvalue weighted by Crippen LogP contribution is 2.28. The van der Waals surface area contributed by atoms with Gasteiger partial charge in [0.25, 0.3) is 11.6 Å². The van der Waals surface area contributed by atoms with Crippen molar-refractivity contribution in [1.29, 1.82) is 0 Å². The molecule has 3 aromatic carbocycles. The second-order valence-corrected chi connectivity index (χ2v) is 5.12. The summed E-state index contributed by atoms with van der Waals surface area (Å²) in [5, 5.41) is 10.8. The Kier molecular flexibility index (Phi) is 4.34. The molecule has 5 nitrogen and oxygen atoms in total. The number of carbonyl (C=O) groups excluding carboxylic acids is 1. The lowest BCUT2D eigenvalue weighted by atomic mass is 10.1. The molecule has 3 aromatic rings. The Hall–Kier alpha value is -3.47. The lowest BCUT2D eigenvalue weighted by molar-refractivity contribution is -0.384. The van der Waals surface area contributed by atoms with Gasteiger partial charge in [-0.05, 0) is 36.4 Å². The molecule has 0 bridgehead atoms. The zero-order valence-electron chi connectivity index (χ0n) is 12.7. The number of nitrogens with zero attached hydrogens (tertiary/aromatic N) is 2. The van der Waals surface area contributed by atoms with Crippen molar-refractivity contribution in [2.75, 3.05) is 4.90 Å². The average Bonchev–Trinajstić information content (AvgIpc) is 2.64. The van der Waals surface area contributed by atoms with Gasteiger partial charge in [0, 0.05) is 29.1 Å². The van der Waals surface area contributed by atoms with E-state index in [2.05, 4.69) is 0 Å². The maximum absolute atomic E-state index is 13.0. The molecule has 1 amide bonds. The van der Waals surface area contributed by atoms with Crippen LogP contribution in [0.15, 0.2) is 84.9 Å². The van der Waals surface area contributed by atoms with E-state index in [4.69, 9.17) is 0 Å². The summed E-state index contributed by atoms with van der Waals surface area (Å²) in [6.07, 6.45) is 0. The molecule has 5 heteroatoms. The minimum atomic E-state index is -0.463. The molecule has 0 aliphatic rings. The Balaban J connectivity index is 2.06.